The molecule has 2 aliphatic rings. The van der Waals surface area contributed by atoms with Crippen LogP contribution in [0.3, 0.4) is 0 Å². The zero-order valence-corrected chi connectivity index (χ0v) is 10.3. The molecule has 0 saturated heterocycles. The van der Waals surface area contributed by atoms with Gasteiger partial charge in [0.1, 0.15) is 0 Å². The summed E-state index contributed by atoms with van der Waals surface area (Å²) in [6.45, 7) is 1.41. The SMILES string of the molecule is O=C(C1CC1)N1CCc2cc(CCl)nnc2C1. The first kappa shape index (κ1) is 11.0. The van der Waals surface area contributed by atoms with E-state index < -0.39 is 0 Å². The number of halogens is 1. The number of aromatic nitrogens is 2. The van der Waals surface area contributed by atoms with Gasteiger partial charge in [0.05, 0.1) is 23.8 Å². The number of hydrogen-bond donors (Lipinski definition) is 0. The molecule has 1 fully saturated rings. The highest BCUT2D eigenvalue weighted by atomic mass is 35.5. The minimum Gasteiger partial charge on any atom is -0.336 e. The molecule has 1 aromatic rings. The lowest BCUT2D eigenvalue weighted by Crippen LogP contribution is -2.37. The summed E-state index contributed by atoms with van der Waals surface area (Å²) < 4.78 is 0. The van der Waals surface area contributed by atoms with Crippen LogP contribution in [0.1, 0.15) is 29.8 Å². The minimum atomic E-state index is 0.284. The summed E-state index contributed by atoms with van der Waals surface area (Å²) in [7, 11) is 0. The van der Waals surface area contributed by atoms with E-state index in [-0.39, 0.29) is 5.92 Å². The van der Waals surface area contributed by atoms with E-state index in [0.29, 0.717) is 18.3 Å². The Kier molecular flexibility index (Phi) is 2.74. The Bertz CT molecular complexity index is 459. The third-order valence-electron chi connectivity index (χ3n) is 3.38. The van der Waals surface area contributed by atoms with Crippen molar-refractivity contribution in [2.75, 3.05) is 6.54 Å². The second-order valence-electron chi connectivity index (χ2n) is 4.73. The molecular weight excluding hydrogens is 238 g/mol. The van der Waals surface area contributed by atoms with Crippen molar-refractivity contribution < 1.29 is 4.79 Å². The first-order chi connectivity index (χ1) is 8.28. The maximum atomic E-state index is 11.9. The van der Waals surface area contributed by atoms with Crippen LogP contribution in [-0.4, -0.2) is 27.5 Å². The number of carbonyl (C=O) groups excluding carboxylic acids is 1. The number of fused-ring (bicyclic) bond motifs is 1. The Morgan fingerprint density at radius 2 is 2.29 bits per heavy atom. The van der Waals surface area contributed by atoms with Gasteiger partial charge in [0, 0.05) is 12.5 Å². The number of nitrogens with zero attached hydrogens (tertiary/aromatic N) is 3. The molecule has 0 spiro atoms. The zero-order chi connectivity index (χ0) is 11.8. The van der Waals surface area contributed by atoms with Crippen LogP contribution in [0.5, 0.6) is 0 Å². The molecule has 0 radical (unpaired) electrons. The van der Waals surface area contributed by atoms with Crippen molar-refractivity contribution in [1.82, 2.24) is 15.1 Å². The molecule has 90 valence electrons. The monoisotopic (exact) mass is 251 g/mol. The summed E-state index contributed by atoms with van der Waals surface area (Å²) in [5.74, 6) is 0.968. The van der Waals surface area contributed by atoms with Crippen molar-refractivity contribution >= 4 is 17.5 Å². The molecule has 0 unspecified atom stereocenters. The molecule has 0 N–H and O–H groups in total. The van der Waals surface area contributed by atoms with Crippen LogP contribution in [0.15, 0.2) is 6.07 Å². The van der Waals surface area contributed by atoms with Gasteiger partial charge in [-0.1, -0.05) is 0 Å². The predicted octanol–water partition coefficient (Wildman–Crippen LogP) is 1.51. The van der Waals surface area contributed by atoms with E-state index in [1.807, 2.05) is 11.0 Å². The molecule has 1 aliphatic heterocycles. The molecule has 2 heterocycles. The van der Waals surface area contributed by atoms with E-state index in [9.17, 15) is 4.79 Å². The van der Waals surface area contributed by atoms with Crippen LogP contribution in [0.25, 0.3) is 0 Å². The molecule has 0 aromatic carbocycles. The molecule has 17 heavy (non-hydrogen) atoms. The predicted molar refractivity (Wildman–Crippen MR) is 63.4 cm³/mol. The molecule has 1 aromatic heterocycles. The van der Waals surface area contributed by atoms with Gasteiger partial charge in [-0.05, 0) is 30.9 Å². The number of carbonyl (C=O) groups is 1. The molecular formula is C12H14ClN3O. The van der Waals surface area contributed by atoms with Gasteiger partial charge >= 0.3 is 0 Å². The molecule has 1 aliphatic carbocycles. The van der Waals surface area contributed by atoms with Gasteiger partial charge in [0.25, 0.3) is 0 Å². The first-order valence-corrected chi connectivity index (χ1v) is 6.50. The summed E-state index contributed by atoms with van der Waals surface area (Å²) >= 11 is 5.73. The average Bonchev–Trinajstić information content (AvgIpc) is 3.21. The van der Waals surface area contributed by atoms with Crippen molar-refractivity contribution in [2.24, 2.45) is 5.92 Å². The quantitative estimate of drug-likeness (QED) is 0.749. The van der Waals surface area contributed by atoms with Crippen LogP contribution in [0.2, 0.25) is 0 Å². The molecule has 4 nitrogen and oxygen atoms in total. The third kappa shape index (κ3) is 2.14. The first-order valence-electron chi connectivity index (χ1n) is 5.97. The molecule has 1 amide bonds. The fraction of sp³-hybridized carbons (Fsp3) is 0.583. The normalized spacial score (nSPS) is 19.0. The summed E-state index contributed by atoms with van der Waals surface area (Å²) in [5, 5.41) is 8.22. The van der Waals surface area contributed by atoms with Gasteiger partial charge in [0.2, 0.25) is 5.91 Å². The second-order valence-corrected chi connectivity index (χ2v) is 4.99. The van der Waals surface area contributed by atoms with E-state index in [0.717, 1.165) is 37.2 Å². The van der Waals surface area contributed by atoms with Gasteiger partial charge in [-0.3, -0.25) is 4.79 Å². The molecule has 1 saturated carbocycles. The van der Waals surface area contributed by atoms with Crippen LogP contribution >= 0.6 is 11.6 Å². The molecule has 0 bridgehead atoms. The average molecular weight is 252 g/mol. The van der Waals surface area contributed by atoms with Gasteiger partial charge in [-0.15, -0.1) is 11.6 Å². The molecule has 5 heteroatoms. The Labute approximate surface area is 105 Å². The smallest absolute Gasteiger partial charge is 0.226 e. The minimum absolute atomic E-state index is 0.284. The highest BCUT2D eigenvalue weighted by molar-refractivity contribution is 6.16. The highest BCUT2D eigenvalue weighted by Crippen LogP contribution is 2.32. The fourth-order valence-corrected chi connectivity index (χ4v) is 2.34. The third-order valence-corrected chi connectivity index (χ3v) is 3.65. The van der Waals surface area contributed by atoms with Gasteiger partial charge < -0.3 is 4.90 Å². The Morgan fingerprint density at radius 1 is 1.47 bits per heavy atom. The van der Waals surface area contributed by atoms with E-state index in [1.54, 1.807) is 0 Å². The van der Waals surface area contributed by atoms with Crippen molar-refractivity contribution in [1.29, 1.82) is 0 Å². The maximum absolute atomic E-state index is 11.9. The Balaban J connectivity index is 1.78. The lowest BCUT2D eigenvalue weighted by Gasteiger charge is -2.28. The largest absolute Gasteiger partial charge is 0.336 e. The van der Waals surface area contributed by atoms with Crippen LogP contribution < -0.4 is 0 Å². The van der Waals surface area contributed by atoms with Crippen LogP contribution in [-0.2, 0) is 23.6 Å². The van der Waals surface area contributed by atoms with E-state index in [1.165, 1.54) is 5.56 Å². The summed E-state index contributed by atoms with van der Waals surface area (Å²) in [4.78, 5) is 13.9. The van der Waals surface area contributed by atoms with Gasteiger partial charge in [-0.2, -0.15) is 10.2 Å². The van der Waals surface area contributed by atoms with Gasteiger partial charge in [0.15, 0.2) is 0 Å². The standard InChI is InChI=1S/C12H14ClN3O/c13-6-10-5-9-3-4-16(7-11(9)15-14-10)12(17)8-1-2-8/h5,8H,1-4,6-7H2. The maximum Gasteiger partial charge on any atom is 0.226 e. The van der Waals surface area contributed by atoms with Crippen LogP contribution in [0, 0.1) is 5.92 Å². The van der Waals surface area contributed by atoms with E-state index >= 15 is 0 Å². The molecule has 3 rings (SSSR count). The van der Waals surface area contributed by atoms with Crippen molar-refractivity contribution in [3.63, 3.8) is 0 Å². The lowest BCUT2D eigenvalue weighted by molar-refractivity contribution is -0.133. The zero-order valence-electron chi connectivity index (χ0n) is 9.53. The number of alkyl halides is 1. The second kappa shape index (κ2) is 4.26. The fourth-order valence-electron chi connectivity index (χ4n) is 2.21. The number of amides is 1. The lowest BCUT2D eigenvalue weighted by atomic mass is 10.0. The summed E-state index contributed by atoms with van der Waals surface area (Å²) in [6.07, 6.45) is 2.98. The van der Waals surface area contributed by atoms with Gasteiger partial charge in [-0.25, -0.2) is 0 Å². The Morgan fingerprint density at radius 3 is 3.00 bits per heavy atom. The van der Waals surface area contributed by atoms with Crippen molar-refractivity contribution in [3.05, 3.63) is 23.0 Å². The summed E-state index contributed by atoms with van der Waals surface area (Å²) in [5.41, 5.74) is 2.93. The van der Waals surface area contributed by atoms with Crippen molar-refractivity contribution in [2.45, 2.75) is 31.7 Å². The highest BCUT2D eigenvalue weighted by Gasteiger charge is 2.34. The van der Waals surface area contributed by atoms with E-state index in [2.05, 4.69) is 10.2 Å². The number of rotatable bonds is 2. The summed E-state index contributed by atoms with van der Waals surface area (Å²) in [6, 6.07) is 2.01. The van der Waals surface area contributed by atoms with E-state index in [4.69, 9.17) is 11.6 Å². The molecule has 0 atom stereocenters. The Hall–Kier alpha value is -1.16. The van der Waals surface area contributed by atoms with Crippen molar-refractivity contribution in [3.8, 4) is 0 Å². The van der Waals surface area contributed by atoms with Crippen LogP contribution in [0.4, 0.5) is 0 Å². The number of hydrogen-bond acceptors (Lipinski definition) is 3. The topological polar surface area (TPSA) is 46.1 Å².